The van der Waals surface area contributed by atoms with E-state index in [4.69, 9.17) is 9.72 Å². The minimum atomic E-state index is -0.00880. The second kappa shape index (κ2) is 6.93. The standard InChI is InChI=1S/C22H28N2O2S/c1-26-7-6-24-19-5-3-2-4-18(19)23-21(24)27-14-20(25)22-11-15-8-16(12-22)10-17(9-15)13-22/h2-5,15-17H,6-14H2,1H3. The smallest absolute Gasteiger partial charge is 0.169 e. The van der Waals surface area contributed by atoms with Gasteiger partial charge in [-0.3, -0.25) is 4.79 Å². The number of imidazole rings is 1. The molecule has 1 aromatic heterocycles. The van der Waals surface area contributed by atoms with Crippen LogP contribution in [-0.2, 0) is 16.1 Å². The normalized spacial score (nSPS) is 31.7. The van der Waals surface area contributed by atoms with Crippen LogP contribution in [0.4, 0.5) is 0 Å². The van der Waals surface area contributed by atoms with Crippen LogP contribution < -0.4 is 0 Å². The van der Waals surface area contributed by atoms with Gasteiger partial charge in [0.05, 0.1) is 23.4 Å². The molecule has 4 bridgehead atoms. The van der Waals surface area contributed by atoms with E-state index in [-0.39, 0.29) is 5.41 Å². The van der Waals surface area contributed by atoms with Gasteiger partial charge in [-0.2, -0.15) is 0 Å². The number of ether oxygens (including phenoxy) is 1. The fourth-order valence-corrected chi connectivity index (χ4v) is 7.37. The van der Waals surface area contributed by atoms with Gasteiger partial charge >= 0.3 is 0 Å². The number of para-hydroxylation sites is 2. The zero-order valence-electron chi connectivity index (χ0n) is 16.0. The number of benzene rings is 1. The van der Waals surface area contributed by atoms with Crippen molar-refractivity contribution in [3.63, 3.8) is 0 Å². The number of hydrogen-bond donors (Lipinski definition) is 0. The molecule has 0 amide bonds. The van der Waals surface area contributed by atoms with E-state index in [0.717, 1.165) is 59.8 Å². The molecule has 1 aromatic carbocycles. The van der Waals surface area contributed by atoms with Gasteiger partial charge in [0, 0.05) is 19.1 Å². The van der Waals surface area contributed by atoms with Crippen LogP contribution in [0.3, 0.4) is 0 Å². The molecule has 0 spiro atoms. The van der Waals surface area contributed by atoms with E-state index in [1.807, 2.05) is 18.2 Å². The molecule has 2 aromatic rings. The second-order valence-electron chi connectivity index (χ2n) is 8.94. The Balaban J connectivity index is 1.35. The van der Waals surface area contributed by atoms with Gasteiger partial charge in [0.2, 0.25) is 0 Å². The quantitative estimate of drug-likeness (QED) is 0.657. The molecule has 0 saturated heterocycles. The lowest BCUT2D eigenvalue weighted by Gasteiger charge is -2.56. The molecule has 144 valence electrons. The first-order valence-corrected chi connectivity index (χ1v) is 11.3. The van der Waals surface area contributed by atoms with Gasteiger partial charge in [0.15, 0.2) is 5.16 Å². The number of nitrogens with zero attached hydrogens (tertiary/aromatic N) is 2. The lowest BCUT2D eigenvalue weighted by atomic mass is 9.48. The Morgan fingerprint density at radius 2 is 1.85 bits per heavy atom. The predicted octanol–water partition coefficient (Wildman–Crippen LogP) is 4.56. The highest BCUT2D eigenvalue weighted by Gasteiger charge is 2.54. The maximum Gasteiger partial charge on any atom is 0.169 e. The van der Waals surface area contributed by atoms with Crippen LogP contribution in [0.25, 0.3) is 11.0 Å². The minimum absolute atomic E-state index is 0.00880. The van der Waals surface area contributed by atoms with Crippen LogP contribution in [0, 0.1) is 23.2 Å². The van der Waals surface area contributed by atoms with Crippen LogP contribution in [0.5, 0.6) is 0 Å². The maximum absolute atomic E-state index is 13.3. The van der Waals surface area contributed by atoms with Gasteiger partial charge in [-0.15, -0.1) is 0 Å². The van der Waals surface area contributed by atoms with Crippen molar-refractivity contribution >= 4 is 28.6 Å². The van der Waals surface area contributed by atoms with Crippen LogP contribution >= 0.6 is 11.8 Å². The summed E-state index contributed by atoms with van der Waals surface area (Å²) in [5, 5.41) is 0.950. The topological polar surface area (TPSA) is 44.1 Å². The molecular formula is C22H28N2O2S. The number of fused-ring (bicyclic) bond motifs is 1. The third kappa shape index (κ3) is 3.13. The lowest BCUT2D eigenvalue weighted by molar-refractivity contribution is -0.141. The van der Waals surface area contributed by atoms with E-state index in [2.05, 4.69) is 10.6 Å². The zero-order chi connectivity index (χ0) is 18.4. The van der Waals surface area contributed by atoms with Crippen LogP contribution in [-0.4, -0.2) is 34.8 Å². The highest BCUT2D eigenvalue weighted by atomic mass is 32.2. The monoisotopic (exact) mass is 384 g/mol. The van der Waals surface area contributed by atoms with Crippen molar-refractivity contribution in [2.24, 2.45) is 23.2 Å². The third-order valence-corrected chi connectivity index (χ3v) is 8.08. The van der Waals surface area contributed by atoms with Gasteiger partial charge in [-0.05, 0) is 68.4 Å². The lowest BCUT2D eigenvalue weighted by Crippen LogP contribution is -2.50. The Hall–Kier alpha value is -1.33. The first-order chi connectivity index (χ1) is 13.2. The van der Waals surface area contributed by atoms with Gasteiger partial charge in [-0.25, -0.2) is 4.98 Å². The predicted molar refractivity (Wildman–Crippen MR) is 108 cm³/mol. The van der Waals surface area contributed by atoms with E-state index in [0.29, 0.717) is 18.1 Å². The summed E-state index contributed by atoms with van der Waals surface area (Å²) >= 11 is 1.63. The zero-order valence-corrected chi connectivity index (χ0v) is 16.8. The van der Waals surface area contributed by atoms with E-state index in [1.54, 1.807) is 18.9 Å². The number of hydrogen-bond acceptors (Lipinski definition) is 4. The number of methoxy groups -OCH3 is 1. The van der Waals surface area contributed by atoms with Crippen molar-refractivity contribution in [3.8, 4) is 0 Å². The van der Waals surface area contributed by atoms with Crippen molar-refractivity contribution in [1.29, 1.82) is 0 Å². The number of Topliss-reactive ketones (excluding diaryl/α,β-unsaturated/α-hetero) is 1. The Morgan fingerprint density at radius 1 is 1.19 bits per heavy atom. The molecule has 0 unspecified atom stereocenters. The number of carbonyl (C=O) groups excluding carboxylic acids is 1. The molecule has 27 heavy (non-hydrogen) atoms. The first kappa shape index (κ1) is 17.7. The number of ketones is 1. The Morgan fingerprint density at radius 3 is 2.52 bits per heavy atom. The van der Waals surface area contributed by atoms with Crippen LogP contribution in [0.1, 0.15) is 38.5 Å². The molecule has 0 atom stereocenters. The Labute approximate surface area is 165 Å². The Kier molecular flexibility index (Phi) is 4.55. The number of carbonyl (C=O) groups is 1. The molecular weight excluding hydrogens is 356 g/mol. The van der Waals surface area contributed by atoms with Crippen molar-refractivity contribution in [2.45, 2.75) is 50.2 Å². The SMILES string of the molecule is COCCn1c(SCC(=O)C23CC4CC(CC(C4)C2)C3)nc2ccccc21. The van der Waals surface area contributed by atoms with Crippen molar-refractivity contribution in [2.75, 3.05) is 19.5 Å². The molecule has 6 rings (SSSR count). The molecule has 4 saturated carbocycles. The van der Waals surface area contributed by atoms with Gasteiger partial charge in [0.25, 0.3) is 0 Å². The summed E-state index contributed by atoms with van der Waals surface area (Å²) in [5.41, 5.74) is 2.11. The summed E-state index contributed by atoms with van der Waals surface area (Å²) in [6.07, 6.45) is 7.60. The van der Waals surface area contributed by atoms with Crippen LogP contribution in [0.15, 0.2) is 29.4 Å². The summed E-state index contributed by atoms with van der Waals surface area (Å²) in [5.74, 6) is 3.49. The molecule has 4 fully saturated rings. The largest absolute Gasteiger partial charge is 0.383 e. The molecule has 5 heteroatoms. The summed E-state index contributed by atoms with van der Waals surface area (Å²) in [7, 11) is 1.72. The molecule has 0 N–H and O–H groups in total. The van der Waals surface area contributed by atoms with Crippen molar-refractivity contribution < 1.29 is 9.53 Å². The summed E-state index contributed by atoms with van der Waals surface area (Å²) in [6.45, 7) is 1.42. The van der Waals surface area contributed by atoms with Crippen LogP contribution in [0.2, 0.25) is 0 Å². The second-order valence-corrected chi connectivity index (χ2v) is 9.88. The number of aromatic nitrogens is 2. The fourth-order valence-electron chi connectivity index (χ4n) is 6.30. The van der Waals surface area contributed by atoms with Crippen molar-refractivity contribution in [3.05, 3.63) is 24.3 Å². The van der Waals surface area contributed by atoms with Gasteiger partial charge < -0.3 is 9.30 Å². The van der Waals surface area contributed by atoms with E-state index in [9.17, 15) is 4.79 Å². The molecule has 0 aliphatic heterocycles. The number of rotatable bonds is 7. The fraction of sp³-hybridized carbons (Fsp3) is 0.636. The number of thioether (sulfide) groups is 1. The first-order valence-electron chi connectivity index (χ1n) is 10.3. The van der Waals surface area contributed by atoms with E-state index < -0.39 is 0 Å². The average molecular weight is 385 g/mol. The highest BCUT2D eigenvalue weighted by molar-refractivity contribution is 7.99. The minimum Gasteiger partial charge on any atom is -0.383 e. The summed E-state index contributed by atoms with van der Waals surface area (Å²) < 4.78 is 7.49. The molecule has 4 aliphatic rings. The molecule has 1 heterocycles. The third-order valence-electron chi connectivity index (χ3n) is 7.10. The molecule has 4 aliphatic carbocycles. The summed E-state index contributed by atoms with van der Waals surface area (Å²) in [6, 6.07) is 8.21. The molecule has 0 radical (unpaired) electrons. The van der Waals surface area contributed by atoms with Crippen molar-refractivity contribution in [1.82, 2.24) is 9.55 Å². The average Bonchev–Trinajstić information content (AvgIpc) is 3.00. The maximum atomic E-state index is 13.3. The highest BCUT2D eigenvalue weighted by Crippen LogP contribution is 2.60. The molecule has 4 nitrogen and oxygen atoms in total. The van der Waals surface area contributed by atoms with Gasteiger partial charge in [0.1, 0.15) is 5.78 Å². The summed E-state index contributed by atoms with van der Waals surface area (Å²) in [4.78, 5) is 18.1. The Bertz CT molecular complexity index is 824. The van der Waals surface area contributed by atoms with E-state index in [1.165, 1.54) is 19.3 Å². The van der Waals surface area contributed by atoms with Gasteiger partial charge in [-0.1, -0.05) is 23.9 Å². The van der Waals surface area contributed by atoms with E-state index >= 15 is 0 Å².